The van der Waals surface area contributed by atoms with Gasteiger partial charge in [0.15, 0.2) is 0 Å². The van der Waals surface area contributed by atoms with Crippen LogP contribution in [0.25, 0.3) is 0 Å². The maximum atomic E-state index is 11.5. The van der Waals surface area contributed by atoms with E-state index in [2.05, 4.69) is 0 Å². The number of Topliss-reactive ketones (excluding diaryl/α,β-unsaturated/α-hetero) is 1. The minimum Gasteiger partial charge on any atom is -0.462 e. The van der Waals surface area contributed by atoms with Gasteiger partial charge in [0.05, 0.1) is 6.10 Å². The molecule has 0 N–H and O–H groups in total. The second kappa shape index (κ2) is 5.78. The molecular weight excluding hydrogens is 180 g/mol. The van der Waals surface area contributed by atoms with Gasteiger partial charge in [-0.2, -0.15) is 0 Å². The van der Waals surface area contributed by atoms with Crippen molar-refractivity contribution in [2.24, 2.45) is 11.8 Å². The molecule has 0 saturated heterocycles. The molecule has 82 valence electrons. The summed E-state index contributed by atoms with van der Waals surface area (Å²) in [6, 6.07) is 0. The molecule has 0 aliphatic rings. The molecule has 0 heterocycles. The Morgan fingerprint density at radius 1 is 1.14 bits per heavy atom. The summed E-state index contributed by atoms with van der Waals surface area (Å²) in [5.41, 5.74) is 0. The third kappa shape index (κ3) is 5.00. The molecule has 0 aliphatic heterocycles. The third-order valence-corrected chi connectivity index (χ3v) is 1.83. The van der Waals surface area contributed by atoms with Crippen LogP contribution in [0.15, 0.2) is 0 Å². The molecule has 0 aromatic rings. The smallest absolute Gasteiger partial charge is 0.316 e. The van der Waals surface area contributed by atoms with Gasteiger partial charge >= 0.3 is 5.97 Å². The van der Waals surface area contributed by atoms with Crippen LogP contribution in [-0.4, -0.2) is 17.9 Å². The van der Waals surface area contributed by atoms with Gasteiger partial charge in [-0.3, -0.25) is 9.59 Å². The highest BCUT2D eigenvalue weighted by Crippen LogP contribution is 2.15. The number of ether oxygens (including phenoxy) is 1. The van der Waals surface area contributed by atoms with E-state index in [9.17, 15) is 9.59 Å². The molecule has 0 aliphatic carbocycles. The van der Waals surface area contributed by atoms with E-state index < -0.39 is 5.92 Å². The molecule has 14 heavy (non-hydrogen) atoms. The first kappa shape index (κ1) is 13.1. The van der Waals surface area contributed by atoms with Crippen molar-refractivity contribution in [3.05, 3.63) is 0 Å². The van der Waals surface area contributed by atoms with Crippen LogP contribution in [0, 0.1) is 11.8 Å². The second-order valence-electron chi connectivity index (χ2n) is 4.28. The van der Waals surface area contributed by atoms with Crippen LogP contribution >= 0.6 is 0 Å². The normalized spacial score (nSPS) is 13.1. The summed E-state index contributed by atoms with van der Waals surface area (Å²) in [5.74, 6) is -0.758. The van der Waals surface area contributed by atoms with Crippen molar-refractivity contribution < 1.29 is 14.3 Å². The summed E-state index contributed by atoms with van der Waals surface area (Å²) in [4.78, 5) is 22.7. The van der Waals surface area contributed by atoms with Crippen LogP contribution in [0.2, 0.25) is 0 Å². The molecule has 1 unspecified atom stereocenters. The molecule has 0 saturated carbocycles. The highest BCUT2D eigenvalue weighted by molar-refractivity contribution is 5.97. The third-order valence-electron chi connectivity index (χ3n) is 1.83. The summed E-state index contributed by atoms with van der Waals surface area (Å²) in [7, 11) is 0. The Kier molecular flexibility index (Phi) is 5.43. The monoisotopic (exact) mass is 200 g/mol. The molecular formula is C11H20O3. The predicted molar refractivity (Wildman–Crippen MR) is 54.9 cm³/mol. The van der Waals surface area contributed by atoms with Crippen molar-refractivity contribution in [3.8, 4) is 0 Å². The zero-order chi connectivity index (χ0) is 11.3. The van der Waals surface area contributed by atoms with Crippen LogP contribution in [0.5, 0.6) is 0 Å². The summed E-state index contributed by atoms with van der Waals surface area (Å²) in [5, 5.41) is 0. The van der Waals surface area contributed by atoms with E-state index in [4.69, 9.17) is 4.74 Å². The van der Waals surface area contributed by atoms with E-state index in [-0.39, 0.29) is 17.9 Å². The van der Waals surface area contributed by atoms with E-state index in [0.29, 0.717) is 12.3 Å². The number of carbonyl (C=O) groups is 2. The van der Waals surface area contributed by atoms with E-state index in [1.165, 1.54) is 6.92 Å². The fourth-order valence-corrected chi connectivity index (χ4v) is 1.21. The quantitative estimate of drug-likeness (QED) is 0.504. The molecule has 3 heteroatoms. The van der Waals surface area contributed by atoms with Gasteiger partial charge in [0, 0.05) is 0 Å². The lowest BCUT2D eigenvalue weighted by Crippen LogP contribution is -2.27. The second-order valence-corrected chi connectivity index (χ2v) is 4.28. The number of rotatable bonds is 5. The highest BCUT2D eigenvalue weighted by atomic mass is 16.5. The Morgan fingerprint density at radius 2 is 1.64 bits per heavy atom. The van der Waals surface area contributed by atoms with Gasteiger partial charge < -0.3 is 4.74 Å². The predicted octanol–water partition coefficient (Wildman–Crippen LogP) is 2.19. The fourth-order valence-electron chi connectivity index (χ4n) is 1.21. The maximum absolute atomic E-state index is 11.5. The lowest BCUT2D eigenvalue weighted by atomic mass is 9.94. The summed E-state index contributed by atoms with van der Waals surface area (Å²) < 4.78 is 5.01. The number of hydrogen-bond acceptors (Lipinski definition) is 3. The van der Waals surface area contributed by atoms with Gasteiger partial charge in [0.1, 0.15) is 11.7 Å². The Hall–Kier alpha value is -0.860. The molecule has 1 atom stereocenters. The van der Waals surface area contributed by atoms with Crippen molar-refractivity contribution >= 4 is 11.8 Å². The molecule has 0 radical (unpaired) electrons. The molecule has 0 rings (SSSR count). The number of hydrogen-bond donors (Lipinski definition) is 0. The molecule has 0 aromatic carbocycles. The molecule has 0 bridgehead atoms. The zero-order valence-electron chi connectivity index (χ0n) is 9.66. The zero-order valence-corrected chi connectivity index (χ0v) is 9.66. The van der Waals surface area contributed by atoms with Crippen molar-refractivity contribution in [3.63, 3.8) is 0 Å². The lowest BCUT2D eigenvalue weighted by molar-refractivity contribution is -0.155. The average Bonchev–Trinajstić information content (AvgIpc) is 1.97. The van der Waals surface area contributed by atoms with E-state index in [1.807, 2.05) is 13.8 Å². The van der Waals surface area contributed by atoms with Crippen LogP contribution in [0.4, 0.5) is 0 Å². The van der Waals surface area contributed by atoms with Crippen molar-refractivity contribution in [2.45, 2.75) is 47.1 Å². The Balaban J connectivity index is 4.34. The van der Waals surface area contributed by atoms with Gasteiger partial charge in [0.25, 0.3) is 0 Å². The molecule has 0 fully saturated rings. The highest BCUT2D eigenvalue weighted by Gasteiger charge is 2.26. The van der Waals surface area contributed by atoms with Gasteiger partial charge in [-0.15, -0.1) is 0 Å². The van der Waals surface area contributed by atoms with E-state index in [1.54, 1.807) is 13.8 Å². The first-order chi connectivity index (χ1) is 6.34. The van der Waals surface area contributed by atoms with Gasteiger partial charge in [-0.25, -0.2) is 0 Å². The Labute approximate surface area is 85.8 Å². The van der Waals surface area contributed by atoms with Crippen LogP contribution < -0.4 is 0 Å². The molecule has 0 spiro atoms. The van der Waals surface area contributed by atoms with Crippen molar-refractivity contribution in [2.75, 3.05) is 0 Å². The SMILES string of the molecule is CC(=O)C(CC(C)C)C(=O)OC(C)C. The molecule has 3 nitrogen and oxygen atoms in total. The summed E-state index contributed by atoms with van der Waals surface area (Å²) >= 11 is 0. The van der Waals surface area contributed by atoms with Crippen LogP contribution in [-0.2, 0) is 14.3 Å². The largest absolute Gasteiger partial charge is 0.462 e. The van der Waals surface area contributed by atoms with Gasteiger partial charge in [0.2, 0.25) is 0 Å². The molecule has 0 amide bonds. The van der Waals surface area contributed by atoms with Gasteiger partial charge in [-0.05, 0) is 33.1 Å². The number of carbonyl (C=O) groups excluding carboxylic acids is 2. The number of ketones is 1. The van der Waals surface area contributed by atoms with Crippen LogP contribution in [0.3, 0.4) is 0 Å². The fraction of sp³-hybridized carbons (Fsp3) is 0.818. The van der Waals surface area contributed by atoms with Crippen molar-refractivity contribution in [1.82, 2.24) is 0 Å². The number of esters is 1. The van der Waals surface area contributed by atoms with Crippen LogP contribution in [0.1, 0.15) is 41.0 Å². The standard InChI is InChI=1S/C11H20O3/c1-7(2)6-10(9(5)12)11(13)14-8(3)4/h7-8,10H,6H2,1-5H3. The summed E-state index contributed by atoms with van der Waals surface area (Å²) in [6.45, 7) is 8.97. The lowest BCUT2D eigenvalue weighted by Gasteiger charge is -2.16. The minimum absolute atomic E-state index is 0.107. The average molecular weight is 200 g/mol. The Bertz CT molecular complexity index is 207. The van der Waals surface area contributed by atoms with E-state index >= 15 is 0 Å². The Morgan fingerprint density at radius 3 is 1.93 bits per heavy atom. The molecule has 0 aromatic heterocycles. The summed E-state index contributed by atoms with van der Waals surface area (Å²) in [6.07, 6.45) is 0.414. The first-order valence-corrected chi connectivity index (χ1v) is 5.05. The van der Waals surface area contributed by atoms with E-state index in [0.717, 1.165) is 0 Å². The maximum Gasteiger partial charge on any atom is 0.316 e. The van der Waals surface area contributed by atoms with Gasteiger partial charge in [-0.1, -0.05) is 13.8 Å². The topological polar surface area (TPSA) is 43.4 Å². The van der Waals surface area contributed by atoms with Crippen molar-refractivity contribution in [1.29, 1.82) is 0 Å². The minimum atomic E-state index is -0.586. The first-order valence-electron chi connectivity index (χ1n) is 5.05.